The second-order valence-electron chi connectivity index (χ2n) is 4.22. The summed E-state index contributed by atoms with van der Waals surface area (Å²) in [6, 6.07) is 4.92. The Morgan fingerprint density at radius 3 is 2.88 bits per heavy atom. The first-order valence-electron chi connectivity index (χ1n) is 5.64. The Morgan fingerprint density at radius 2 is 2.25 bits per heavy atom. The summed E-state index contributed by atoms with van der Waals surface area (Å²) in [6.07, 6.45) is 4.25. The molecule has 0 radical (unpaired) electrons. The van der Waals surface area contributed by atoms with E-state index in [1.165, 1.54) is 18.9 Å². The van der Waals surface area contributed by atoms with E-state index in [0.717, 1.165) is 11.8 Å². The van der Waals surface area contributed by atoms with Crippen LogP contribution in [0.5, 0.6) is 5.75 Å². The van der Waals surface area contributed by atoms with E-state index in [9.17, 15) is 9.18 Å². The van der Waals surface area contributed by atoms with E-state index in [2.05, 4.69) is 0 Å². The lowest BCUT2D eigenvalue weighted by atomic mass is 10.1. The topological polar surface area (TPSA) is 26.3 Å². The van der Waals surface area contributed by atoms with Gasteiger partial charge in [-0.2, -0.15) is 0 Å². The zero-order valence-electron chi connectivity index (χ0n) is 9.12. The van der Waals surface area contributed by atoms with Crippen LogP contribution in [0.25, 0.3) is 0 Å². The van der Waals surface area contributed by atoms with Crippen LogP contribution in [0.1, 0.15) is 24.8 Å². The third-order valence-electron chi connectivity index (χ3n) is 2.72. The van der Waals surface area contributed by atoms with Crippen molar-refractivity contribution in [1.29, 1.82) is 0 Å². The molecule has 0 unspecified atom stereocenters. The Balaban J connectivity index is 1.94. The monoisotopic (exact) mass is 222 g/mol. The molecule has 86 valence electrons. The normalized spacial score (nSPS) is 14.8. The van der Waals surface area contributed by atoms with Crippen molar-refractivity contribution in [3.8, 4) is 5.75 Å². The van der Waals surface area contributed by atoms with Crippen LogP contribution in [-0.2, 0) is 11.2 Å². The number of benzene rings is 1. The molecule has 0 amide bonds. The van der Waals surface area contributed by atoms with Crippen LogP contribution in [0.4, 0.5) is 4.39 Å². The van der Waals surface area contributed by atoms with Crippen LogP contribution in [0.3, 0.4) is 0 Å². The maximum absolute atomic E-state index is 13.5. The molecule has 2 nitrogen and oxygen atoms in total. The van der Waals surface area contributed by atoms with Crippen molar-refractivity contribution in [3.63, 3.8) is 0 Å². The van der Waals surface area contributed by atoms with Gasteiger partial charge in [0, 0.05) is 6.42 Å². The minimum Gasteiger partial charge on any atom is -0.490 e. The fraction of sp³-hybridized carbons (Fsp3) is 0.462. The average Bonchev–Trinajstić information content (AvgIpc) is 3.09. The van der Waals surface area contributed by atoms with Crippen molar-refractivity contribution in [2.24, 2.45) is 5.92 Å². The van der Waals surface area contributed by atoms with Crippen LogP contribution >= 0.6 is 0 Å². The Morgan fingerprint density at radius 1 is 1.44 bits per heavy atom. The molecule has 1 aromatic rings. The molecule has 2 rings (SSSR count). The fourth-order valence-corrected chi connectivity index (χ4v) is 1.53. The van der Waals surface area contributed by atoms with Gasteiger partial charge in [-0.1, -0.05) is 6.07 Å². The fourth-order valence-electron chi connectivity index (χ4n) is 1.53. The minimum absolute atomic E-state index is 0.321. The zero-order valence-corrected chi connectivity index (χ0v) is 9.12. The van der Waals surface area contributed by atoms with Crippen molar-refractivity contribution < 1.29 is 13.9 Å². The molecule has 0 N–H and O–H groups in total. The highest BCUT2D eigenvalue weighted by molar-refractivity contribution is 5.50. The van der Waals surface area contributed by atoms with Crippen LogP contribution in [0.15, 0.2) is 18.2 Å². The molecule has 0 bridgehead atoms. The van der Waals surface area contributed by atoms with E-state index >= 15 is 0 Å². The highest BCUT2D eigenvalue weighted by atomic mass is 19.1. The summed E-state index contributed by atoms with van der Waals surface area (Å²) in [5, 5.41) is 0. The molecule has 0 saturated heterocycles. The average molecular weight is 222 g/mol. The van der Waals surface area contributed by atoms with Gasteiger partial charge < -0.3 is 9.53 Å². The number of aldehydes is 1. The number of hydrogen-bond acceptors (Lipinski definition) is 2. The van der Waals surface area contributed by atoms with Gasteiger partial charge in [0.1, 0.15) is 6.29 Å². The van der Waals surface area contributed by atoms with Gasteiger partial charge >= 0.3 is 0 Å². The summed E-state index contributed by atoms with van der Waals surface area (Å²) in [5.41, 5.74) is 0.836. The quantitative estimate of drug-likeness (QED) is 0.692. The summed E-state index contributed by atoms with van der Waals surface area (Å²) < 4.78 is 18.9. The van der Waals surface area contributed by atoms with Gasteiger partial charge in [0.25, 0.3) is 0 Å². The van der Waals surface area contributed by atoms with E-state index in [-0.39, 0.29) is 5.82 Å². The highest BCUT2D eigenvalue weighted by Gasteiger charge is 2.22. The number of carbonyl (C=O) groups is 1. The summed E-state index contributed by atoms with van der Waals surface area (Å²) in [7, 11) is 0. The first-order valence-corrected chi connectivity index (χ1v) is 5.64. The van der Waals surface area contributed by atoms with Crippen molar-refractivity contribution >= 4 is 6.29 Å². The van der Waals surface area contributed by atoms with E-state index in [4.69, 9.17) is 4.74 Å². The summed E-state index contributed by atoms with van der Waals surface area (Å²) >= 11 is 0. The van der Waals surface area contributed by atoms with Crippen molar-refractivity contribution in [2.75, 3.05) is 6.61 Å². The Kier molecular flexibility index (Phi) is 3.54. The second kappa shape index (κ2) is 5.10. The molecule has 1 fully saturated rings. The number of halogens is 1. The molecule has 0 atom stereocenters. The van der Waals surface area contributed by atoms with Crippen LogP contribution in [0, 0.1) is 11.7 Å². The van der Waals surface area contributed by atoms with Gasteiger partial charge in [0.15, 0.2) is 11.6 Å². The smallest absolute Gasteiger partial charge is 0.165 e. The summed E-state index contributed by atoms with van der Waals surface area (Å²) in [4.78, 5) is 10.2. The van der Waals surface area contributed by atoms with Crippen LogP contribution < -0.4 is 4.74 Å². The lowest BCUT2D eigenvalue weighted by Crippen LogP contribution is -2.01. The largest absolute Gasteiger partial charge is 0.490 e. The zero-order chi connectivity index (χ0) is 11.4. The van der Waals surface area contributed by atoms with Gasteiger partial charge in [0.2, 0.25) is 0 Å². The molecular formula is C13H15FO2. The third-order valence-corrected chi connectivity index (χ3v) is 2.72. The van der Waals surface area contributed by atoms with Gasteiger partial charge in [0.05, 0.1) is 6.61 Å². The lowest BCUT2D eigenvalue weighted by Gasteiger charge is -2.07. The highest BCUT2D eigenvalue weighted by Crippen LogP contribution is 2.30. The van der Waals surface area contributed by atoms with Crippen LogP contribution in [0.2, 0.25) is 0 Å². The molecule has 0 aromatic heterocycles. The number of aryl methyl sites for hydroxylation is 1. The maximum atomic E-state index is 13.5. The van der Waals surface area contributed by atoms with Gasteiger partial charge in [-0.3, -0.25) is 0 Å². The molecule has 3 heteroatoms. The number of ether oxygens (including phenoxy) is 1. The molecule has 16 heavy (non-hydrogen) atoms. The Labute approximate surface area is 94.4 Å². The lowest BCUT2D eigenvalue weighted by molar-refractivity contribution is -0.107. The first-order chi connectivity index (χ1) is 7.79. The molecule has 1 aliphatic rings. The molecule has 0 spiro atoms. The summed E-state index contributed by atoms with van der Waals surface area (Å²) in [6.45, 7) is 0.616. The van der Waals surface area contributed by atoms with E-state index < -0.39 is 0 Å². The standard InChI is InChI=1S/C13H15FO2/c14-12-8-10(2-1-7-15)5-6-13(12)16-9-11-3-4-11/h5-8,11H,1-4,9H2. The van der Waals surface area contributed by atoms with Crippen molar-refractivity contribution in [3.05, 3.63) is 29.6 Å². The van der Waals surface area contributed by atoms with Gasteiger partial charge in [-0.05, 0) is 42.9 Å². The molecule has 0 aliphatic heterocycles. The number of carbonyl (C=O) groups excluding carboxylic acids is 1. The van der Waals surface area contributed by atoms with Crippen molar-refractivity contribution in [1.82, 2.24) is 0 Å². The van der Waals surface area contributed by atoms with Gasteiger partial charge in [-0.25, -0.2) is 4.39 Å². The van der Waals surface area contributed by atoms with Crippen LogP contribution in [-0.4, -0.2) is 12.9 Å². The molecule has 0 heterocycles. The third kappa shape index (κ3) is 3.05. The second-order valence-corrected chi connectivity index (χ2v) is 4.22. The first kappa shape index (κ1) is 11.1. The van der Waals surface area contributed by atoms with E-state index in [0.29, 0.717) is 31.1 Å². The molecule has 1 aromatic carbocycles. The predicted octanol–water partition coefficient (Wildman–Crippen LogP) is 2.75. The molecule has 1 aliphatic carbocycles. The van der Waals surface area contributed by atoms with Gasteiger partial charge in [-0.15, -0.1) is 0 Å². The summed E-state index contributed by atoms with van der Waals surface area (Å²) in [5.74, 6) is 0.611. The molecule has 1 saturated carbocycles. The maximum Gasteiger partial charge on any atom is 0.165 e. The minimum atomic E-state index is -0.330. The SMILES string of the molecule is O=CCCc1ccc(OCC2CC2)c(F)c1. The Hall–Kier alpha value is -1.38. The van der Waals surface area contributed by atoms with E-state index in [1.807, 2.05) is 6.07 Å². The Bertz CT molecular complexity index is 372. The number of rotatable bonds is 6. The molecular weight excluding hydrogens is 207 g/mol. The van der Waals surface area contributed by atoms with E-state index in [1.54, 1.807) is 6.07 Å². The predicted molar refractivity (Wildman–Crippen MR) is 59.0 cm³/mol. The number of hydrogen-bond donors (Lipinski definition) is 0. The van der Waals surface area contributed by atoms with Crippen molar-refractivity contribution in [2.45, 2.75) is 25.7 Å².